The van der Waals surface area contributed by atoms with Crippen LogP contribution in [0, 0.1) is 6.92 Å². The largest absolute Gasteiger partial charge is 0.262 e. The zero-order chi connectivity index (χ0) is 13.8. The number of thioether (sulfide) groups is 1. The van der Waals surface area contributed by atoms with Crippen molar-refractivity contribution in [1.82, 2.24) is 30.2 Å². The van der Waals surface area contributed by atoms with Crippen LogP contribution >= 0.6 is 11.8 Å². The Morgan fingerprint density at radius 3 is 2.85 bits per heavy atom. The Bertz CT molecular complexity index is 675. The Morgan fingerprint density at radius 2 is 2.10 bits per heavy atom. The van der Waals surface area contributed by atoms with E-state index in [1.807, 2.05) is 36.0 Å². The molecule has 0 aliphatic carbocycles. The molecule has 20 heavy (non-hydrogen) atoms. The van der Waals surface area contributed by atoms with Gasteiger partial charge in [0.05, 0.1) is 12.2 Å². The SMILES string of the molecule is Cc1nc(SCc2cn(Cc3ccccc3)nn2)n[nH]1. The van der Waals surface area contributed by atoms with E-state index in [-0.39, 0.29) is 0 Å². The van der Waals surface area contributed by atoms with Gasteiger partial charge in [-0.3, -0.25) is 5.10 Å². The fourth-order valence-corrected chi connectivity index (χ4v) is 2.50. The minimum absolute atomic E-state index is 0.714. The molecule has 102 valence electrons. The number of rotatable bonds is 5. The maximum atomic E-state index is 4.24. The highest BCUT2D eigenvalue weighted by atomic mass is 32.2. The Balaban J connectivity index is 1.59. The van der Waals surface area contributed by atoms with E-state index < -0.39 is 0 Å². The second kappa shape index (κ2) is 5.87. The van der Waals surface area contributed by atoms with Crippen molar-refractivity contribution in [2.75, 3.05) is 0 Å². The van der Waals surface area contributed by atoms with Crippen LogP contribution in [-0.4, -0.2) is 30.2 Å². The van der Waals surface area contributed by atoms with Gasteiger partial charge in [0, 0.05) is 11.9 Å². The summed E-state index contributed by atoms with van der Waals surface area (Å²) in [5.41, 5.74) is 2.13. The predicted molar refractivity (Wildman–Crippen MR) is 76.2 cm³/mol. The van der Waals surface area contributed by atoms with Crippen LogP contribution in [-0.2, 0) is 12.3 Å². The molecule has 1 N–H and O–H groups in total. The molecule has 0 aliphatic rings. The van der Waals surface area contributed by atoms with Crippen LogP contribution in [0.1, 0.15) is 17.1 Å². The molecular formula is C13H14N6S. The average molecular weight is 286 g/mol. The fourth-order valence-electron chi connectivity index (χ4n) is 1.78. The first-order valence-corrected chi connectivity index (χ1v) is 7.23. The van der Waals surface area contributed by atoms with Crippen molar-refractivity contribution in [2.24, 2.45) is 0 Å². The lowest BCUT2D eigenvalue weighted by Gasteiger charge is -1.99. The molecule has 0 atom stereocenters. The molecule has 7 heteroatoms. The first kappa shape index (κ1) is 12.9. The molecule has 0 saturated heterocycles. The van der Waals surface area contributed by atoms with E-state index in [0.29, 0.717) is 5.75 Å². The third-order valence-corrected chi connectivity index (χ3v) is 3.58. The number of aryl methyl sites for hydroxylation is 1. The summed E-state index contributed by atoms with van der Waals surface area (Å²) in [5, 5.41) is 15.9. The van der Waals surface area contributed by atoms with Crippen molar-refractivity contribution in [2.45, 2.75) is 24.4 Å². The number of H-pyrrole nitrogens is 1. The van der Waals surface area contributed by atoms with Crippen molar-refractivity contribution >= 4 is 11.8 Å². The number of nitrogens with one attached hydrogen (secondary N) is 1. The summed E-state index contributed by atoms with van der Waals surface area (Å²) in [4.78, 5) is 4.24. The van der Waals surface area contributed by atoms with Crippen LogP contribution in [0.5, 0.6) is 0 Å². The second-order valence-electron chi connectivity index (χ2n) is 4.39. The van der Waals surface area contributed by atoms with Gasteiger partial charge in [-0.1, -0.05) is 47.3 Å². The first-order chi connectivity index (χ1) is 9.79. The Morgan fingerprint density at radius 1 is 1.25 bits per heavy atom. The van der Waals surface area contributed by atoms with Crippen LogP contribution in [0.15, 0.2) is 41.7 Å². The zero-order valence-electron chi connectivity index (χ0n) is 11.0. The second-order valence-corrected chi connectivity index (χ2v) is 5.33. The number of aromatic amines is 1. The average Bonchev–Trinajstić information content (AvgIpc) is 3.07. The van der Waals surface area contributed by atoms with Gasteiger partial charge in [0.15, 0.2) is 0 Å². The van der Waals surface area contributed by atoms with E-state index in [1.165, 1.54) is 5.56 Å². The third-order valence-electron chi connectivity index (χ3n) is 2.70. The number of hydrogen-bond acceptors (Lipinski definition) is 5. The third kappa shape index (κ3) is 3.24. The molecule has 0 bridgehead atoms. The maximum absolute atomic E-state index is 4.24. The van der Waals surface area contributed by atoms with Crippen LogP contribution in [0.25, 0.3) is 0 Å². The fraction of sp³-hybridized carbons (Fsp3) is 0.231. The smallest absolute Gasteiger partial charge is 0.208 e. The highest BCUT2D eigenvalue weighted by molar-refractivity contribution is 7.98. The van der Waals surface area contributed by atoms with Crippen molar-refractivity contribution in [3.63, 3.8) is 0 Å². The van der Waals surface area contributed by atoms with Crippen molar-refractivity contribution in [3.05, 3.63) is 53.6 Å². The summed E-state index contributed by atoms with van der Waals surface area (Å²) in [6.07, 6.45) is 1.96. The van der Waals surface area contributed by atoms with E-state index >= 15 is 0 Å². The van der Waals surface area contributed by atoms with Gasteiger partial charge in [0.2, 0.25) is 5.16 Å². The molecule has 0 spiro atoms. The highest BCUT2D eigenvalue weighted by Crippen LogP contribution is 2.17. The van der Waals surface area contributed by atoms with E-state index in [1.54, 1.807) is 11.8 Å². The Kier molecular flexibility index (Phi) is 3.78. The maximum Gasteiger partial charge on any atom is 0.208 e. The minimum atomic E-state index is 0.714. The Hall–Kier alpha value is -2.15. The molecule has 6 nitrogen and oxygen atoms in total. The molecular weight excluding hydrogens is 272 g/mol. The van der Waals surface area contributed by atoms with Gasteiger partial charge >= 0.3 is 0 Å². The molecule has 0 saturated carbocycles. The summed E-state index contributed by atoms with van der Waals surface area (Å²) in [7, 11) is 0. The summed E-state index contributed by atoms with van der Waals surface area (Å²) in [6.45, 7) is 2.62. The van der Waals surface area contributed by atoms with Gasteiger partial charge < -0.3 is 0 Å². The number of nitrogens with zero attached hydrogens (tertiary/aromatic N) is 5. The standard InChI is InChI=1S/C13H14N6S/c1-10-14-13(17-15-10)20-9-12-8-19(18-16-12)7-11-5-3-2-4-6-11/h2-6,8H,7,9H2,1H3,(H,14,15,17). The van der Waals surface area contributed by atoms with E-state index in [2.05, 4.69) is 37.6 Å². The molecule has 3 rings (SSSR count). The molecule has 2 heterocycles. The summed E-state index contributed by atoms with van der Waals surface area (Å²) in [6, 6.07) is 10.2. The van der Waals surface area contributed by atoms with Gasteiger partial charge in [-0.2, -0.15) is 0 Å². The van der Waals surface area contributed by atoms with Crippen LogP contribution in [0.4, 0.5) is 0 Å². The monoisotopic (exact) mass is 286 g/mol. The minimum Gasteiger partial charge on any atom is -0.262 e. The van der Waals surface area contributed by atoms with Crippen molar-refractivity contribution in [3.8, 4) is 0 Å². The van der Waals surface area contributed by atoms with Gasteiger partial charge in [-0.15, -0.1) is 10.2 Å². The summed E-state index contributed by atoms with van der Waals surface area (Å²) < 4.78 is 1.84. The summed E-state index contributed by atoms with van der Waals surface area (Å²) in [5.74, 6) is 1.53. The van der Waals surface area contributed by atoms with E-state index in [9.17, 15) is 0 Å². The van der Waals surface area contributed by atoms with Gasteiger partial charge in [0.25, 0.3) is 0 Å². The molecule has 3 aromatic rings. The number of benzene rings is 1. The lowest BCUT2D eigenvalue weighted by molar-refractivity contribution is 0.649. The predicted octanol–water partition coefficient (Wildman–Crippen LogP) is 2.05. The van der Waals surface area contributed by atoms with Crippen LogP contribution < -0.4 is 0 Å². The first-order valence-electron chi connectivity index (χ1n) is 6.24. The number of aromatic nitrogens is 6. The summed E-state index contributed by atoms with van der Waals surface area (Å²) >= 11 is 1.54. The van der Waals surface area contributed by atoms with Gasteiger partial charge in [0.1, 0.15) is 5.82 Å². The topological polar surface area (TPSA) is 72.3 Å². The molecule has 1 aromatic carbocycles. The highest BCUT2D eigenvalue weighted by Gasteiger charge is 2.05. The molecule has 0 fully saturated rings. The lowest BCUT2D eigenvalue weighted by atomic mass is 10.2. The molecule has 2 aromatic heterocycles. The molecule has 0 amide bonds. The Labute approximate surface area is 120 Å². The van der Waals surface area contributed by atoms with E-state index in [0.717, 1.165) is 23.2 Å². The van der Waals surface area contributed by atoms with Crippen LogP contribution in [0.2, 0.25) is 0 Å². The normalized spacial score (nSPS) is 10.8. The lowest BCUT2D eigenvalue weighted by Crippen LogP contribution is -1.99. The molecule has 0 radical (unpaired) electrons. The molecule has 0 unspecified atom stereocenters. The van der Waals surface area contributed by atoms with Gasteiger partial charge in [-0.05, 0) is 12.5 Å². The number of hydrogen-bond donors (Lipinski definition) is 1. The van der Waals surface area contributed by atoms with E-state index in [4.69, 9.17) is 0 Å². The van der Waals surface area contributed by atoms with Crippen LogP contribution in [0.3, 0.4) is 0 Å². The van der Waals surface area contributed by atoms with Gasteiger partial charge in [-0.25, -0.2) is 9.67 Å². The zero-order valence-corrected chi connectivity index (χ0v) is 11.8. The quantitative estimate of drug-likeness (QED) is 0.727. The van der Waals surface area contributed by atoms with Crippen molar-refractivity contribution in [1.29, 1.82) is 0 Å². The van der Waals surface area contributed by atoms with Crippen molar-refractivity contribution < 1.29 is 0 Å². The molecule has 0 aliphatic heterocycles.